The van der Waals surface area contributed by atoms with Gasteiger partial charge in [0.2, 0.25) is 0 Å². The molecule has 2 aromatic heterocycles. The molecule has 0 N–H and O–H groups in total. The quantitative estimate of drug-likeness (QED) is 0.157. The van der Waals surface area contributed by atoms with E-state index >= 15 is 0 Å². The third-order valence-electron chi connectivity index (χ3n) is 15.3. The van der Waals surface area contributed by atoms with Crippen LogP contribution in [0.5, 0.6) is 0 Å². The lowest BCUT2D eigenvalue weighted by molar-refractivity contribution is 0.588. The lowest BCUT2D eigenvalue weighted by Gasteiger charge is -2.37. The van der Waals surface area contributed by atoms with Crippen molar-refractivity contribution < 1.29 is 0 Å². The van der Waals surface area contributed by atoms with E-state index in [1.54, 1.807) is 0 Å². The Morgan fingerprint density at radius 2 is 0.786 bits per heavy atom. The molecule has 0 spiro atoms. The molecule has 0 saturated carbocycles. The van der Waals surface area contributed by atoms with Crippen molar-refractivity contribution in [2.75, 3.05) is 4.90 Å². The maximum Gasteiger partial charge on any atom is 0.252 e. The van der Waals surface area contributed by atoms with Crippen LogP contribution in [0.15, 0.2) is 152 Å². The zero-order chi connectivity index (χ0) is 49.6. The molecule has 0 radical (unpaired) electrons. The van der Waals surface area contributed by atoms with Crippen molar-refractivity contribution in [1.29, 1.82) is 0 Å². The van der Waals surface area contributed by atoms with E-state index in [4.69, 9.17) is 0 Å². The molecule has 4 heteroatoms. The topological polar surface area (TPSA) is 13.1 Å². The van der Waals surface area contributed by atoms with Gasteiger partial charge in [0, 0.05) is 44.6 Å². The third kappa shape index (κ3) is 7.14. The fraction of sp³-hybridized carbons (Fsp3) is 0.303. The molecule has 0 atom stereocenters. The summed E-state index contributed by atoms with van der Waals surface area (Å²) in [4.78, 5) is 2.52. The normalized spacial score (nSPS) is 13.6. The molecule has 70 heavy (non-hydrogen) atoms. The third-order valence-corrected chi connectivity index (χ3v) is 15.3. The highest BCUT2D eigenvalue weighted by atomic mass is 15.2. The van der Waals surface area contributed by atoms with Crippen molar-refractivity contribution in [3.63, 3.8) is 0 Å². The summed E-state index contributed by atoms with van der Waals surface area (Å²) in [5.41, 5.74) is 24.1. The van der Waals surface area contributed by atoms with Crippen LogP contribution in [0.25, 0.3) is 55.7 Å². The molecule has 0 fully saturated rings. The van der Waals surface area contributed by atoms with Crippen molar-refractivity contribution in [2.24, 2.45) is 0 Å². The lowest BCUT2D eigenvalue weighted by atomic mass is 9.34. The van der Waals surface area contributed by atoms with Gasteiger partial charge in [0.05, 0.1) is 17.1 Å². The molecule has 2 aliphatic heterocycles. The van der Waals surface area contributed by atoms with Crippen LogP contribution in [0.3, 0.4) is 0 Å². The molecule has 3 nitrogen and oxygen atoms in total. The van der Waals surface area contributed by atoms with E-state index in [1.807, 2.05) is 0 Å². The van der Waals surface area contributed by atoms with Crippen molar-refractivity contribution in [3.05, 3.63) is 179 Å². The SMILES string of the molecule is CC(C)(C)c1ccc(N(c2ccc(C(C)(C)C)cc2)c2cc3c4c(c2)-n2c(-c5ccccc5)c(C(C)(C)C)c5cc(C(C)(C)C)cc(c52)B4c2cccc4c(C(C)(C)C)c(-c5ccccc5)n-3c24)cc1. The molecular weight excluding hydrogens is 846 g/mol. The van der Waals surface area contributed by atoms with E-state index in [2.05, 4.69) is 270 Å². The van der Waals surface area contributed by atoms with Gasteiger partial charge in [-0.15, -0.1) is 0 Å². The van der Waals surface area contributed by atoms with Gasteiger partial charge in [-0.3, -0.25) is 0 Å². The molecule has 0 bridgehead atoms. The fourth-order valence-corrected chi connectivity index (χ4v) is 12.0. The van der Waals surface area contributed by atoms with Gasteiger partial charge in [0.1, 0.15) is 0 Å². The van der Waals surface area contributed by atoms with Crippen LogP contribution < -0.4 is 21.3 Å². The summed E-state index contributed by atoms with van der Waals surface area (Å²) in [5.74, 6) is 0. The number of rotatable bonds is 5. The molecule has 7 aromatic carbocycles. The van der Waals surface area contributed by atoms with Crippen LogP contribution in [0, 0.1) is 0 Å². The number of aromatic nitrogens is 2. The first kappa shape index (κ1) is 45.9. The number of anilines is 3. The highest BCUT2D eigenvalue weighted by Gasteiger charge is 2.45. The maximum atomic E-state index is 2.71. The predicted molar refractivity (Wildman–Crippen MR) is 304 cm³/mol. The van der Waals surface area contributed by atoms with Crippen LogP contribution >= 0.6 is 0 Å². The van der Waals surface area contributed by atoms with Crippen molar-refractivity contribution >= 4 is 62.0 Å². The van der Waals surface area contributed by atoms with Crippen LogP contribution in [0.1, 0.15) is 132 Å². The molecule has 0 amide bonds. The summed E-state index contributed by atoms with van der Waals surface area (Å²) >= 11 is 0. The zero-order valence-electron chi connectivity index (χ0n) is 44.4. The van der Waals surface area contributed by atoms with Gasteiger partial charge in [-0.25, -0.2) is 0 Å². The van der Waals surface area contributed by atoms with Gasteiger partial charge in [-0.1, -0.05) is 213 Å². The summed E-state index contributed by atoms with van der Waals surface area (Å²) in [6, 6.07) is 58.5. The van der Waals surface area contributed by atoms with E-state index in [0.29, 0.717) is 0 Å². The maximum absolute atomic E-state index is 2.71. The molecule has 0 saturated heterocycles. The first-order valence-electron chi connectivity index (χ1n) is 25.6. The highest BCUT2D eigenvalue weighted by molar-refractivity contribution is 7.00. The molecule has 352 valence electrons. The van der Waals surface area contributed by atoms with E-state index in [9.17, 15) is 0 Å². The second-order valence-electron chi connectivity index (χ2n) is 25.6. The summed E-state index contributed by atoms with van der Waals surface area (Å²) < 4.78 is 5.39. The van der Waals surface area contributed by atoms with Crippen LogP contribution in [-0.4, -0.2) is 15.8 Å². The van der Waals surface area contributed by atoms with Crippen molar-refractivity contribution in [3.8, 4) is 33.9 Å². The minimum absolute atomic E-state index is 0.00387. The Balaban J connectivity index is 1.37. The summed E-state index contributed by atoms with van der Waals surface area (Å²) in [6.45, 7) is 35.4. The minimum Gasteiger partial charge on any atom is -0.310 e. The van der Waals surface area contributed by atoms with E-state index in [0.717, 1.165) is 17.1 Å². The minimum atomic E-state index is -0.175. The number of fused-ring (bicyclic) bond motifs is 4. The summed E-state index contributed by atoms with van der Waals surface area (Å²) in [6.07, 6.45) is 0. The van der Waals surface area contributed by atoms with Gasteiger partial charge in [0.15, 0.2) is 0 Å². The van der Waals surface area contributed by atoms with Crippen LogP contribution in [0.4, 0.5) is 17.1 Å². The summed E-state index contributed by atoms with van der Waals surface area (Å²) in [7, 11) is 0. The second-order valence-corrected chi connectivity index (χ2v) is 25.6. The molecular formula is C66H70BN3. The standard InChI is InChI=1S/C66H70BN3/c1-62(2,3)43-29-33-46(34-30-43)68(47-35-31-44(32-36-47)63(4,5)6)48-39-53-57-54(40-48)70-59(42-25-20-17-21-26-42)56(66(13,14)15)50-37-45(64(7,8)9)38-52(61(50)70)67(57)51-28-22-27-49-55(65(10,11)12)58(69(53)60(49)51)41-23-18-16-19-24-41/h16-40H,1-15H3. The fourth-order valence-electron chi connectivity index (χ4n) is 12.0. The molecule has 9 aromatic rings. The Labute approximate surface area is 418 Å². The Bertz CT molecular complexity index is 3460. The zero-order valence-corrected chi connectivity index (χ0v) is 44.4. The van der Waals surface area contributed by atoms with Gasteiger partial charge < -0.3 is 14.0 Å². The Hall–Kier alpha value is -6.52. The lowest BCUT2D eigenvalue weighted by Crippen LogP contribution is -2.59. The average Bonchev–Trinajstić information content (AvgIpc) is 3.85. The molecule has 2 aliphatic rings. The Kier molecular flexibility index (Phi) is 10.2. The van der Waals surface area contributed by atoms with Crippen molar-refractivity contribution in [2.45, 2.75) is 131 Å². The number of hydrogen-bond acceptors (Lipinski definition) is 1. The van der Waals surface area contributed by atoms with E-state index in [1.165, 1.54) is 99.9 Å². The number of benzene rings is 7. The average molecular weight is 916 g/mol. The summed E-state index contributed by atoms with van der Waals surface area (Å²) in [5, 5.41) is 2.69. The molecule has 0 aliphatic carbocycles. The van der Waals surface area contributed by atoms with Crippen LogP contribution in [-0.2, 0) is 27.1 Å². The van der Waals surface area contributed by atoms with Crippen molar-refractivity contribution in [1.82, 2.24) is 9.13 Å². The molecule has 11 rings (SSSR count). The van der Waals surface area contributed by atoms with Crippen LogP contribution in [0.2, 0.25) is 0 Å². The number of nitrogens with zero attached hydrogens (tertiary/aromatic N) is 3. The van der Waals surface area contributed by atoms with Gasteiger partial charge >= 0.3 is 0 Å². The smallest absolute Gasteiger partial charge is 0.252 e. The molecule has 4 heterocycles. The van der Waals surface area contributed by atoms with E-state index < -0.39 is 0 Å². The second kappa shape index (κ2) is 15.5. The van der Waals surface area contributed by atoms with Gasteiger partial charge in [-0.05, 0) is 125 Å². The Morgan fingerprint density at radius 1 is 0.357 bits per heavy atom. The molecule has 0 unspecified atom stereocenters. The largest absolute Gasteiger partial charge is 0.310 e. The first-order chi connectivity index (χ1) is 32.9. The van der Waals surface area contributed by atoms with Gasteiger partial charge in [0.25, 0.3) is 6.71 Å². The predicted octanol–water partition coefficient (Wildman–Crippen LogP) is 16.0. The number of para-hydroxylation sites is 1. The first-order valence-corrected chi connectivity index (χ1v) is 25.6. The van der Waals surface area contributed by atoms with E-state index in [-0.39, 0.29) is 33.8 Å². The number of hydrogen-bond donors (Lipinski definition) is 0. The Morgan fingerprint density at radius 3 is 1.21 bits per heavy atom. The monoisotopic (exact) mass is 916 g/mol. The highest BCUT2D eigenvalue weighted by Crippen LogP contribution is 2.50. The van der Waals surface area contributed by atoms with Gasteiger partial charge in [-0.2, -0.15) is 0 Å².